The Labute approximate surface area is 230 Å². The molecule has 0 spiro atoms. The van der Waals surface area contributed by atoms with Gasteiger partial charge in [-0.3, -0.25) is 0 Å². The first kappa shape index (κ1) is 26.7. The molecule has 4 rings (SSSR count). The smallest absolute Gasteiger partial charge is 0.228 e. The summed E-state index contributed by atoms with van der Waals surface area (Å²) in [5, 5.41) is 5.33. The van der Waals surface area contributed by atoms with Gasteiger partial charge in [0.15, 0.2) is 0 Å². The van der Waals surface area contributed by atoms with E-state index >= 15 is 0 Å². The standard InChI is InChI=1S/C28H30OS4Si2/c1-30-21-5-13-25(14-6-21)34(26-15-7-22(31-2)8-16-26)29-35(27-17-9-23(32-3)10-18-27)28-19-11-24(33-4)12-20-28/h5-20,34-35H,1-4H3. The lowest BCUT2D eigenvalue weighted by Crippen LogP contribution is -2.56. The van der Waals surface area contributed by atoms with Crippen LogP contribution in [0.25, 0.3) is 0 Å². The molecule has 0 fully saturated rings. The monoisotopic (exact) mass is 566 g/mol. The van der Waals surface area contributed by atoms with Gasteiger partial charge in [-0.05, 0) is 94.3 Å². The van der Waals surface area contributed by atoms with Crippen molar-refractivity contribution in [3.8, 4) is 0 Å². The Hall–Kier alpha value is -1.33. The Bertz CT molecular complexity index is 1010. The van der Waals surface area contributed by atoms with Gasteiger partial charge in [0, 0.05) is 19.6 Å². The summed E-state index contributed by atoms with van der Waals surface area (Å²) in [7, 11) is -3.84. The molecule has 0 radical (unpaired) electrons. The van der Waals surface area contributed by atoms with Crippen molar-refractivity contribution in [3.63, 3.8) is 0 Å². The molecule has 0 aromatic heterocycles. The summed E-state index contributed by atoms with van der Waals surface area (Å²) < 4.78 is 7.34. The molecular weight excluding hydrogens is 537 g/mol. The van der Waals surface area contributed by atoms with Crippen molar-refractivity contribution in [2.24, 2.45) is 0 Å². The molecule has 4 aromatic carbocycles. The molecule has 1 nitrogen and oxygen atoms in total. The van der Waals surface area contributed by atoms with E-state index in [1.54, 1.807) is 47.0 Å². The second-order valence-electron chi connectivity index (χ2n) is 7.99. The maximum atomic E-state index is 7.34. The Morgan fingerprint density at radius 1 is 0.371 bits per heavy atom. The van der Waals surface area contributed by atoms with Gasteiger partial charge in [0.25, 0.3) is 0 Å². The lowest BCUT2D eigenvalue weighted by molar-refractivity contribution is 0.633. The second kappa shape index (κ2) is 13.3. The molecule has 0 aliphatic rings. The minimum atomic E-state index is -1.92. The SMILES string of the molecule is CSc1ccc([SiH](O[SiH](c2ccc(SC)cc2)c2ccc(SC)cc2)c2ccc(SC)cc2)cc1. The number of thioether (sulfide) groups is 4. The van der Waals surface area contributed by atoms with E-state index in [1.165, 1.54) is 40.3 Å². The third kappa shape index (κ3) is 6.92. The first-order valence-corrected chi connectivity index (χ1v) is 19.5. The van der Waals surface area contributed by atoms with E-state index in [2.05, 4.69) is 122 Å². The topological polar surface area (TPSA) is 9.23 Å². The maximum absolute atomic E-state index is 7.34. The van der Waals surface area contributed by atoms with Gasteiger partial charge < -0.3 is 4.12 Å². The van der Waals surface area contributed by atoms with Crippen molar-refractivity contribution in [2.75, 3.05) is 25.0 Å². The minimum absolute atomic E-state index is 1.29. The molecule has 0 atom stereocenters. The lowest BCUT2D eigenvalue weighted by Gasteiger charge is -2.25. The quantitative estimate of drug-likeness (QED) is 0.197. The highest BCUT2D eigenvalue weighted by molar-refractivity contribution is 7.99. The fourth-order valence-electron chi connectivity index (χ4n) is 3.95. The van der Waals surface area contributed by atoms with E-state index in [0.717, 1.165) is 0 Å². The van der Waals surface area contributed by atoms with Crippen LogP contribution >= 0.6 is 47.0 Å². The lowest BCUT2D eigenvalue weighted by atomic mass is 10.4. The van der Waals surface area contributed by atoms with Crippen LogP contribution in [0, 0.1) is 0 Å². The van der Waals surface area contributed by atoms with Crippen LogP contribution in [0.3, 0.4) is 0 Å². The van der Waals surface area contributed by atoms with Gasteiger partial charge in [0.2, 0.25) is 18.1 Å². The predicted octanol–water partition coefficient (Wildman–Crippen LogP) is 4.97. The van der Waals surface area contributed by atoms with Crippen LogP contribution in [-0.4, -0.2) is 43.1 Å². The molecule has 0 N–H and O–H groups in total. The highest BCUT2D eigenvalue weighted by Gasteiger charge is 2.26. The summed E-state index contributed by atoms with van der Waals surface area (Å²) in [5.41, 5.74) is 0. The molecule has 35 heavy (non-hydrogen) atoms. The average molecular weight is 567 g/mol. The summed E-state index contributed by atoms with van der Waals surface area (Å²) in [4.78, 5) is 5.14. The van der Waals surface area contributed by atoms with Crippen LogP contribution in [0.2, 0.25) is 0 Å². The molecule has 0 aliphatic heterocycles. The van der Waals surface area contributed by atoms with Gasteiger partial charge in [-0.25, -0.2) is 0 Å². The molecule has 7 heteroatoms. The number of benzene rings is 4. The summed E-state index contributed by atoms with van der Waals surface area (Å²) in [6, 6.07) is 36.1. The van der Waals surface area contributed by atoms with Crippen molar-refractivity contribution in [3.05, 3.63) is 97.1 Å². The van der Waals surface area contributed by atoms with Gasteiger partial charge in [-0.1, -0.05) is 48.5 Å². The molecule has 0 unspecified atom stereocenters. The van der Waals surface area contributed by atoms with Crippen LogP contribution in [0.1, 0.15) is 0 Å². The third-order valence-electron chi connectivity index (χ3n) is 5.95. The first-order valence-electron chi connectivity index (χ1n) is 11.4. The Morgan fingerprint density at radius 3 is 0.743 bits per heavy atom. The van der Waals surface area contributed by atoms with Crippen molar-refractivity contribution in [1.29, 1.82) is 0 Å². The fraction of sp³-hybridized carbons (Fsp3) is 0.143. The van der Waals surface area contributed by atoms with Gasteiger partial charge in [-0.2, -0.15) is 0 Å². The van der Waals surface area contributed by atoms with E-state index in [4.69, 9.17) is 4.12 Å². The molecule has 0 saturated carbocycles. The first-order chi connectivity index (χ1) is 17.1. The zero-order valence-electron chi connectivity index (χ0n) is 20.4. The average Bonchev–Trinajstić information content (AvgIpc) is 2.94. The summed E-state index contributed by atoms with van der Waals surface area (Å²) in [5.74, 6) is 0. The Morgan fingerprint density at radius 2 is 0.571 bits per heavy atom. The Balaban J connectivity index is 1.77. The van der Waals surface area contributed by atoms with E-state index in [1.807, 2.05) is 0 Å². The summed E-state index contributed by atoms with van der Waals surface area (Å²) in [6.07, 6.45) is 8.50. The second-order valence-corrected chi connectivity index (χ2v) is 16.8. The fourth-order valence-corrected chi connectivity index (χ4v) is 12.1. The normalized spacial score (nSPS) is 11.4. The van der Waals surface area contributed by atoms with Crippen LogP contribution in [0.4, 0.5) is 0 Å². The summed E-state index contributed by atoms with van der Waals surface area (Å²) in [6.45, 7) is 0. The van der Waals surface area contributed by atoms with Gasteiger partial charge in [-0.15, -0.1) is 47.0 Å². The zero-order valence-corrected chi connectivity index (χ0v) is 26.0. The number of hydrogen-bond acceptors (Lipinski definition) is 5. The predicted molar refractivity (Wildman–Crippen MR) is 167 cm³/mol. The van der Waals surface area contributed by atoms with Gasteiger partial charge >= 0.3 is 0 Å². The molecular formula is C28H30OS4Si2. The molecule has 4 aromatic rings. The Kier molecular flexibility index (Phi) is 10.1. The highest BCUT2D eigenvalue weighted by atomic mass is 32.2. The van der Waals surface area contributed by atoms with Gasteiger partial charge in [0.1, 0.15) is 0 Å². The van der Waals surface area contributed by atoms with Crippen LogP contribution in [0.15, 0.2) is 117 Å². The molecule has 0 saturated heterocycles. The van der Waals surface area contributed by atoms with Crippen molar-refractivity contribution >= 4 is 85.9 Å². The molecule has 180 valence electrons. The molecule has 0 aliphatic carbocycles. The zero-order chi connectivity index (χ0) is 24.6. The largest absolute Gasteiger partial charge is 0.446 e. The summed E-state index contributed by atoms with van der Waals surface area (Å²) >= 11 is 7.12. The van der Waals surface area contributed by atoms with Crippen molar-refractivity contribution in [1.82, 2.24) is 0 Å². The van der Waals surface area contributed by atoms with Gasteiger partial charge in [0.05, 0.1) is 0 Å². The molecule has 0 amide bonds. The van der Waals surface area contributed by atoms with E-state index < -0.39 is 18.1 Å². The van der Waals surface area contributed by atoms with Crippen LogP contribution < -0.4 is 20.7 Å². The maximum Gasteiger partial charge on any atom is 0.228 e. The van der Waals surface area contributed by atoms with Crippen molar-refractivity contribution in [2.45, 2.75) is 19.6 Å². The van der Waals surface area contributed by atoms with E-state index in [-0.39, 0.29) is 0 Å². The minimum Gasteiger partial charge on any atom is -0.446 e. The van der Waals surface area contributed by atoms with Crippen LogP contribution in [-0.2, 0) is 4.12 Å². The molecule has 0 bridgehead atoms. The van der Waals surface area contributed by atoms with Crippen molar-refractivity contribution < 1.29 is 4.12 Å². The van der Waals surface area contributed by atoms with E-state index in [9.17, 15) is 0 Å². The third-order valence-corrected chi connectivity index (χ3v) is 15.1. The highest BCUT2D eigenvalue weighted by Crippen LogP contribution is 2.16. The number of hydrogen-bond donors (Lipinski definition) is 0. The molecule has 0 heterocycles. The van der Waals surface area contributed by atoms with Crippen LogP contribution in [0.5, 0.6) is 0 Å². The number of rotatable bonds is 10. The van der Waals surface area contributed by atoms with E-state index in [0.29, 0.717) is 0 Å².